The van der Waals surface area contributed by atoms with E-state index >= 15 is 0 Å². The van der Waals surface area contributed by atoms with Gasteiger partial charge in [-0.15, -0.1) is 0 Å². The molecule has 0 spiro atoms. The molecule has 1 unspecified atom stereocenters. The predicted molar refractivity (Wildman–Crippen MR) is 72.7 cm³/mol. The minimum Gasteiger partial charge on any atom is -0.338 e. The Bertz CT molecular complexity index is 452. The largest absolute Gasteiger partial charge is 0.338 e. The SMILES string of the molecule is Cc1noc(C2CN(C/C=C/C3CC3)CCN2C)n1. The zero-order valence-electron chi connectivity index (χ0n) is 11.7. The normalized spacial score (nSPS) is 26.3. The third-order valence-corrected chi connectivity index (χ3v) is 3.95. The fourth-order valence-corrected chi connectivity index (χ4v) is 2.50. The summed E-state index contributed by atoms with van der Waals surface area (Å²) < 4.78 is 5.33. The zero-order valence-corrected chi connectivity index (χ0v) is 11.7. The van der Waals surface area contributed by atoms with Crippen LogP contribution in [0, 0.1) is 12.8 Å². The summed E-state index contributed by atoms with van der Waals surface area (Å²) in [6.07, 6.45) is 7.44. The standard InChI is InChI=1S/C14H22N4O/c1-11-15-14(19-16-11)13-10-18(9-8-17(13)2)7-3-4-12-5-6-12/h3-4,12-13H,5-10H2,1-2H3/b4-3+. The average molecular weight is 262 g/mol. The molecule has 1 saturated carbocycles. The summed E-state index contributed by atoms with van der Waals surface area (Å²) >= 11 is 0. The number of piperazine rings is 1. The van der Waals surface area contributed by atoms with Gasteiger partial charge in [0.15, 0.2) is 5.82 Å². The molecule has 1 aliphatic heterocycles. The summed E-state index contributed by atoms with van der Waals surface area (Å²) in [4.78, 5) is 9.13. The predicted octanol–water partition coefficient (Wildman–Crippen LogP) is 1.63. The zero-order chi connectivity index (χ0) is 13.2. The van der Waals surface area contributed by atoms with Gasteiger partial charge in [0.2, 0.25) is 5.89 Å². The lowest BCUT2D eigenvalue weighted by Crippen LogP contribution is -2.46. The van der Waals surface area contributed by atoms with Crippen LogP contribution in [0.2, 0.25) is 0 Å². The monoisotopic (exact) mass is 262 g/mol. The Labute approximate surface area is 114 Å². The molecule has 1 aromatic rings. The van der Waals surface area contributed by atoms with Crippen LogP contribution in [0.5, 0.6) is 0 Å². The molecule has 0 amide bonds. The molecule has 0 bridgehead atoms. The molecule has 1 aromatic heterocycles. The Kier molecular flexibility index (Phi) is 3.66. The fourth-order valence-electron chi connectivity index (χ4n) is 2.50. The third kappa shape index (κ3) is 3.22. The first kappa shape index (κ1) is 12.8. The van der Waals surface area contributed by atoms with Crippen molar-refractivity contribution in [3.05, 3.63) is 23.9 Å². The van der Waals surface area contributed by atoms with Gasteiger partial charge in [0, 0.05) is 26.2 Å². The van der Waals surface area contributed by atoms with Crippen molar-refractivity contribution in [3.8, 4) is 0 Å². The van der Waals surface area contributed by atoms with Crippen LogP contribution in [0.25, 0.3) is 0 Å². The number of nitrogens with zero attached hydrogens (tertiary/aromatic N) is 4. The molecule has 0 N–H and O–H groups in total. The highest BCUT2D eigenvalue weighted by Crippen LogP contribution is 2.30. The van der Waals surface area contributed by atoms with Gasteiger partial charge in [-0.25, -0.2) is 0 Å². The second kappa shape index (κ2) is 5.43. The molecule has 19 heavy (non-hydrogen) atoms. The Morgan fingerprint density at radius 3 is 2.89 bits per heavy atom. The molecular weight excluding hydrogens is 240 g/mol. The quantitative estimate of drug-likeness (QED) is 0.772. The Morgan fingerprint density at radius 2 is 2.21 bits per heavy atom. The van der Waals surface area contributed by atoms with Gasteiger partial charge >= 0.3 is 0 Å². The van der Waals surface area contributed by atoms with Crippen LogP contribution in [-0.4, -0.2) is 53.2 Å². The fraction of sp³-hybridized carbons (Fsp3) is 0.714. The van der Waals surface area contributed by atoms with Crippen molar-refractivity contribution in [1.82, 2.24) is 19.9 Å². The van der Waals surface area contributed by atoms with E-state index in [1.54, 1.807) is 0 Å². The molecule has 1 aliphatic carbocycles. The number of allylic oxidation sites excluding steroid dienone is 1. The second-order valence-corrected chi connectivity index (χ2v) is 5.70. The smallest absolute Gasteiger partial charge is 0.245 e. The summed E-state index contributed by atoms with van der Waals surface area (Å²) in [5.74, 6) is 2.33. The van der Waals surface area contributed by atoms with E-state index < -0.39 is 0 Å². The highest BCUT2D eigenvalue weighted by atomic mass is 16.5. The molecule has 2 heterocycles. The van der Waals surface area contributed by atoms with Gasteiger partial charge in [0.25, 0.3) is 0 Å². The summed E-state index contributed by atoms with van der Waals surface area (Å²) in [7, 11) is 2.13. The molecule has 3 rings (SSSR count). The first-order valence-corrected chi connectivity index (χ1v) is 7.12. The van der Waals surface area contributed by atoms with Crippen molar-refractivity contribution in [3.63, 3.8) is 0 Å². The first-order valence-electron chi connectivity index (χ1n) is 7.12. The van der Waals surface area contributed by atoms with Crippen LogP contribution in [-0.2, 0) is 0 Å². The third-order valence-electron chi connectivity index (χ3n) is 3.95. The number of aryl methyl sites for hydroxylation is 1. The van der Waals surface area contributed by atoms with Crippen LogP contribution in [0.3, 0.4) is 0 Å². The number of rotatable bonds is 4. The van der Waals surface area contributed by atoms with E-state index in [0.29, 0.717) is 5.82 Å². The molecule has 5 heteroatoms. The van der Waals surface area contributed by atoms with Gasteiger partial charge < -0.3 is 4.52 Å². The lowest BCUT2D eigenvalue weighted by molar-refractivity contribution is 0.0832. The van der Waals surface area contributed by atoms with Gasteiger partial charge in [-0.2, -0.15) is 4.98 Å². The van der Waals surface area contributed by atoms with E-state index in [0.717, 1.165) is 38.0 Å². The van der Waals surface area contributed by atoms with Crippen molar-refractivity contribution < 1.29 is 4.52 Å². The molecule has 1 saturated heterocycles. The Hall–Kier alpha value is -1.20. The Morgan fingerprint density at radius 1 is 1.37 bits per heavy atom. The molecular formula is C14H22N4O. The van der Waals surface area contributed by atoms with Crippen molar-refractivity contribution in [2.24, 2.45) is 5.92 Å². The molecule has 2 fully saturated rings. The van der Waals surface area contributed by atoms with Gasteiger partial charge in [-0.3, -0.25) is 9.80 Å². The van der Waals surface area contributed by atoms with Crippen molar-refractivity contribution in [2.45, 2.75) is 25.8 Å². The molecule has 104 valence electrons. The van der Waals surface area contributed by atoms with Crippen molar-refractivity contribution in [2.75, 3.05) is 33.2 Å². The molecule has 0 radical (unpaired) electrons. The molecule has 2 aliphatic rings. The summed E-state index contributed by atoms with van der Waals surface area (Å²) in [5.41, 5.74) is 0. The maximum atomic E-state index is 5.33. The van der Waals surface area contributed by atoms with Gasteiger partial charge in [-0.1, -0.05) is 17.3 Å². The molecule has 5 nitrogen and oxygen atoms in total. The lowest BCUT2D eigenvalue weighted by atomic mass is 10.1. The van der Waals surface area contributed by atoms with Crippen molar-refractivity contribution >= 4 is 0 Å². The van der Waals surface area contributed by atoms with E-state index in [1.807, 2.05) is 6.92 Å². The lowest BCUT2D eigenvalue weighted by Gasteiger charge is -2.37. The second-order valence-electron chi connectivity index (χ2n) is 5.70. The number of aromatic nitrogens is 2. The average Bonchev–Trinajstić information content (AvgIpc) is 3.12. The summed E-state index contributed by atoms with van der Waals surface area (Å²) in [6.45, 7) is 6.02. The highest BCUT2D eigenvalue weighted by molar-refractivity contribution is 5.00. The highest BCUT2D eigenvalue weighted by Gasteiger charge is 2.29. The molecule has 0 aromatic carbocycles. The number of hydrogen-bond donors (Lipinski definition) is 0. The van der Waals surface area contributed by atoms with E-state index in [9.17, 15) is 0 Å². The van der Waals surface area contributed by atoms with E-state index in [1.165, 1.54) is 12.8 Å². The van der Waals surface area contributed by atoms with Gasteiger partial charge in [-0.05, 0) is 32.7 Å². The summed E-state index contributed by atoms with van der Waals surface area (Å²) in [5, 5.41) is 3.90. The number of likely N-dealkylation sites (N-methyl/N-ethyl adjacent to an activating group) is 1. The van der Waals surface area contributed by atoms with Crippen LogP contribution in [0.1, 0.15) is 30.6 Å². The van der Waals surface area contributed by atoms with Crippen LogP contribution < -0.4 is 0 Å². The number of hydrogen-bond acceptors (Lipinski definition) is 5. The van der Waals surface area contributed by atoms with E-state index in [-0.39, 0.29) is 6.04 Å². The summed E-state index contributed by atoms with van der Waals surface area (Å²) in [6, 6.07) is 0.226. The minimum absolute atomic E-state index is 0.226. The van der Waals surface area contributed by atoms with E-state index in [2.05, 4.69) is 39.1 Å². The molecule has 1 atom stereocenters. The van der Waals surface area contributed by atoms with E-state index in [4.69, 9.17) is 4.52 Å². The minimum atomic E-state index is 0.226. The van der Waals surface area contributed by atoms with Crippen LogP contribution in [0.15, 0.2) is 16.7 Å². The first-order chi connectivity index (χ1) is 9.22. The van der Waals surface area contributed by atoms with Crippen LogP contribution in [0.4, 0.5) is 0 Å². The topological polar surface area (TPSA) is 45.4 Å². The van der Waals surface area contributed by atoms with Crippen molar-refractivity contribution in [1.29, 1.82) is 0 Å². The van der Waals surface area contributed by atoms with Gasteiger partial charge in [0.05, 0.1) is 0 Å². The maximum absolute atomic E-state index is 5.33. The van der Waals surface area contributed by atoms with Crippen LogP contribution >= 0.6 is 0 Å². The Balaban J connectivity index is 1.59. The van der Waals surface area contributed by atoms with Gasteiger partial charge in [0.1, 0.15) is 6.04 Å². The maximum Gasteiger partial charge on any atom is 0.245 e.